The Kier molecular flexibility index (Phi) is 10.4. The fourth-order valence-electron chi connectivity index (χ4n) is 5.94. The van der Waals surface area contributed by atoms with Crippen LogP contribution >= 0.6 is 11.6 Å². The fourth-order valence-corrected chi connectivity index (χ4v) is 6.12. The van der Waals surface area contributed by atoms with Gasteiger partial charge in [-0.15, -0.1) is 0 Å². The summed E-state index contributed by atoms with van der Waals surface area (Å²) in [5.74, 6) is -3.66. The lowest BCUT2D eigenvalue weighted by Gasteiger charge is -2.49. The number of carbonyl (C=O) groups excluding carboxylic acids is 5. The second-order valence-corrected chi connectivity index (χ2v) is 12.3. The van der Waals surface area contributed by atoms with E-state index in [9.17, 15) is 24.0 Å². The van der Waals surface area contributed by atoms with Gasteiger partial charge in [-0.25, -0.2) is 0 Å². The molecule has 2 aliphatic heterocycles. The summed E-state index contributed by atoms with van der Waals surface area (Å²) in [5, 5.41) is 0.421. The van der Waals surface area contributed by atoms with Crippen LogP contribution in [0.4, 0.5) is 0 Å². The highest BCUT2D eigenvalue weighted by molar-refractivity contribution is 6.31. The van der Waals surface area contributed by atoms with E-state index in [1.165, 1.54) is 13.8 Å². The van der Waals surface area contributed by atoms with Gasteiger partial charge in [-0.1, -0.05) is 29.8 Å². The summed E-state index contributed by atoms with van der Waals surface area (Å²) in [6.07, 6.45) is -3.90. The largest absolute Gasteiger partial charge is 0.463 e. The molecule has 5 rings (SSSR count). The number of fused-ring (bicyclic) bond motifs is 2. The number of ketones is 1. The molecule has 5 atom stereocenters. The molecule has 0 radical (unpaired) electrons. The van der Waals surface area contributed by atoms with E-state index in [0.29, 0.717) is 39.6 Å². The Hall–Kier alpha value is -4.78. The standard InChI is InChI=1S/C36H35ClO12/c1-20(38)26-8-13-30(14-9-26)48-29-11-6-25(7-12-29)16-27-17-28(10-15-31(27)37)36-34(47-24(5)42)32(45-22(3)40)33(46-23(4)41)35(49-36,19-44-36)18-43-21(2)39/h6-15,17,32-34H,16,18-19H2,1-5H3/t32-,33-,34+,35-,36-/m0/s1. The van der Waals surface area contributed by atoms with Crippen molar-refractivity contribution in [2.24, 2.45) is 0 Å². The van der Waals surface area contributed by atoms with Crippen molar-refractivity contribution in [1.82, 2.24) is 0 Å². The van der Waals surface area contributed by atoms with Crippen LogP contribution in [0.25, 0.3) is 0 Å². The molecule has 0 amide bonds. The van der Waals surface area contributed by atoms with E-state index in [1.807, 2.05) is 12.1 Å². The molecule has 2 fully saturated rings. The summed E-state index contributed by atoms with van der Waals surface area (Å²) in [6, 6.07) is 19.1. The molecule has 0 unspecified atom stereocenters. The lowest BCUT2D eigenvalue weighted by Crippen LogP contribution is -2.68. The summed E-state index contributed by atoms with van der Waals surface area (Å²) >= 11 is 6.67. The van der Waals surface area contributed by atoms with Gasteiger partial charge in [0.15, 0.2) is 23.6 Å². The van der Waals surface area contributed by atoms with Crippen LogP contribution in [-0.2, 0) is 59.8 Å². The molecule has 49 heavy (non-hydrogen) atoms. The summed E-state index contributed by atoms with van der Waals surface area (Å²) in [6.45, 7) is 5.45. The van der Waals surface area contributed by atoms with Crippen molar-refractivity contribution in [2.45, 2.75) is 70.7 Å². The van der Waals surface area contributed by atoms with Crippen molar-refractivity contribution in [1.29, 1.82) is 0 Å². The van der Waals surface area contributed by atoms with Crippen LogP contribution in [-0.4, -0.2) is 66.8 Å². The summed E-state index contributed by atoms with van der Waals surface area (Å²) in [4.78, 5) is 60.6. The molecule has 258 valence electrons. The van der Waals surface area contributed by atoms with E-state index >= 15 is 0 Å². The van der Waals surface area contributed by atoms with Crippen LogP contribution in [0, 0.1) is 0 Å². The first-order valence-corrected chi connectivity index (χ1v) is 15.7. The number of rotatable bonds is 11. The molecule has 0 spiro atoms. The molecular weight excluding hydrogens is 660 g/mol. The summed E-state index contributed by atoms with van der Waals surface area (Å²) in [7, 11) is 0. The third-order valence-electron chi connectivity index (χ3n) is 8.05. The molecule has 13 heteroatoms. The van der Waals surface area contributed by atoms with Gasteiger partial charge in [0.1, 0.15) is 18.1 Å². The minimum atomic E-state index is -1.89. The number of hydrogen-bond donors (Lipinski definition) is 0. The number of carbonyl (C=O) groups is 5. The van der Waals surface area contributed by atoms with Crippen LogP contribution in [0.1, 0.15) is 61.7 Å². The minimum absolute atomic E-state index is 0.0357. The Balaban J connectivity index is 1.49. The van der Waals surface area contributed by atoms with E-state index in [4.69, 9.17) is 44.8 Å². The molecule has 0 aromatic heterocycles. The molecule has 2 bridgehead atoms. The number of halogens is 1. The van der Waals surface area contributed by atoms with Crippen LogP contribution in [0.2, 0.25) is 5.02 Å². The monoisotopic (exact) mass is 694 g/mol. The average molecular weight is 695 g/mol. The Morgan fingerprint density at radius 1 is 0.755 bits per heavy atom. The number of benzene rings is 3. The fraction of sp³-hybridized carbons (Fsp3) is 0.361. The van der Waals surface area contributed by atoms with Gasteiger partial charge in [0, 0.05) is 43.8 Å². The Bertz CT molecular complexity index is 1750. The van der Waals surface area contributed by atoms with Crippen LogP contribution < -0.4 is 4.74 Å². The second kappa shape index (κ2) is 14.4. The molecule has 2 aliphatic rings. The van der Waals surface area contributed by atoms with E-state index in [1.54, 1.807) is 54.6 Å². The topological polar surface area (TPSA) is 150 Å². The second-order valence-electron chi connectivity index (χ2n) is 11.8. The Morgan fingerprint density at radius 2 is 1.35 bits per heavy atom. The maximum Gasteiger partial charge on any atom is 0.303 e. The average Bonchev–Trinajstić information content (AvgIpc) is 3.40. The molecule has 3 aromatic rings. The Morgan fingerprint density at radius 3 is 1.92 bits per heavy atom. The van der Waals surface area contributed by atoms with Gasteiger partial charge in [0.05, 0.1) is 6.61 Å². The molecule has 12 nitrogen and oxygen atoms in total. The van der Waals surface area contributed by atoms with Crippen molar-refractivity contribution in [2.75, 3.05) is 13.2 Å². The zero-order valence-electron chi connectivity index (χ0n) is 27.5. The van der Waals surface area contributed by atoms with Gasteiger partial charge in [-0.3, -0.25) is 24.0 Å². The predicted molar refractivity (Wildman–Crippen MR) is 172 cm³/mol. The first kappa shape index (κ1) is 35.5. The van der Waals surface area contributed by atoms with Crippen molar-refractivity contribution in [3.8, 4) is 11.5 Å². The summed E-state index contributed by atoms with van der Waals surface area (Å²) in [5.41, 5.74) is 0.829. The third-order valence-corrected chi connectivity index (χ3v) is 8.41. The highest BCUT2D eigenvalue weighted by Crippen LogP contribution is 2.53. The van der Waals surface area contributed by atoms with E-state index in [-0.39, 0.29) is 12.4 Å². The SMILES string of the molecule is CC(=O)OC[C@@]12CO[C@@](c3ccc(Cl)c(Cc4ccc(Oc5ccc(C(C)=O)cc5)cc4)c3)(O1)[C@H](OC(C)=O)[C@@H](OC(C)=O)[C@@H]2OC(C)=O. The molecule has 2 saturated heterocycles. The number of hydrogen-bond acceptors (Lipinski definition) is 12. The Labute approximate surface area is 287 Å². The van der Waals surface area contributed by atoms with Crippen LogP contribution in [0.15, 0.2) is 66.7 Å². The number of Topliss-reactive ketones (excluding diaryl/α,β-unsaturated/α-hetero) is 1. The third kappa shape index (κ3) is 7.77. The molecule has 3 aromatic carbocycles. The van der Waals surface area contributed by atoms with Crippen LogP contribution in [0.5, 0.6) is 11.5 Å². The van der Waals surface area contributed by atoms with E-state index in [0.717, 1.165) is 26.3 Å². The zero-order valence-corrected chi connectivity index (χ0v) is 28.2. The quantitative estimate of drug-likeness (QED) is 0.147. The first-order valence-electron chi connectivity index (χ1n) is 15.4. The lowest BCUT2D eigenvalue weighted by atomic mass is 9.83. The predicted octanol–water partition coefficient (Wildman–Crippen LogP) is 5.24. The van der Waals surface area contributed by atoms with Gasteiger partial charge in [-0.2, -0.15) is 0 Å². The summed E-state index contributed by atoms with van der Waals surface area (Å²) < 4.78 is 41.1. The van der Waals surface area contributed by atoms with Gasteiger partial charge in [0.25, 0.3) is 0 Å². The van der Waals surface area contributed by atoms with Crippen molar-refractivity contribution < 1.29 is 57.1 Å². The molecule has 0 saturated carbocycles. The normalized spacial score (nSPS) is 24.0. The lowest BCUT2D eigenvalue weighted by molar-refractivity contribution is -0.334. The zero-order chi connectivity index (χ0) is 35.5. The maximum absolute atomic E-state index is 12.5. The van der Waals surface area contributed by atoms with Gasteiger partial charge in [0.2, 0.25) is 11.9 Å². The highest BCUT2D eigenvalue weighted by Gasteiger charge is 2.72. The molecule has 0 N–H and O–H groups in total. The first-order chi connectivity index (χ1) is 23.2. The van der Waals surface area contributed by atoms with E-state index < -0.39 is 60.2 Å². The van der Waals surface area contributed by atoms with Crippen LogP contribution in [0.3, 0.4) is 0 Å². The van der Waals surface area contributed by atoms with Gasteiger partial charge in [-0.05, 0) is 73.0 Å². The van der Waals surface area contributed by atoms with Crippen molar-refractivity contribution >= 4 is 41.3 Å². The number of esters is 4. The highest BCUT2D eigenvalue weighted by atomic mass is 35.5. The number of ether oxygens (including phenoxy) is 7. The van der Waals surface area contributed by atoms with Gasteiger partial charge >= 0.3 is 23.9 Å². The molecule has 2 heterocycles. The maximum atomic E-state index is 12.5. The van der Waals surface area contributed by atoms with Crippen molar-refractivity contribution in [3.63, 3.8) is 0 Å². The van der Waals surface area contributed by atoms with Gasteiger partial charge < -0.3 is 33.2 Å². The van der Waals surface area contributed by atoms with Crippen molar-refractivity contribution in [3.05, 3.63) is 94.0 Å². The minimum Gasteiger partial charge on any atom is -0.463 e. The molecular formula is C36H35ClO12. The smallest absolute Gasteiger partial charge is 0.303 e. The van der Waals surface area contributed by atoms with E-state index in [2.05, 4.69) is 0 Å². The molecule has 0 aliphatic carbocycles.